The summed E-state index contributed by atoms with van der Waals surface area (Å²) >= 11 is 0. The largest absolute Gasteiger partial charge is 0.507 e. The van der Waals surface area contributed by atoms with Gasteiger partial charge in [0.15, 0.2) is 0 Å². The normalized spacial score (nSPS) is 11.7. The van der Waals surface area contributed by atoms with E-state index in [0.29, 0.717) is 11.3 Å². The number of aromatic hydroxyl groups is 1. The van der Waals surface area contributed by atoms with Gasteiger partial charge in [-0.3, -0.25) is 9.88 Å². The van der Waals surface area contributed by atoms with E-state index in [9.17, 15) is 5.11 Å². The predicted molar refractivity (Wildman–Crippen MR) is 215 cm³/mol. The lowest BCUT2D eigenvalue weighted by Crippen LogP contribution is -2.17. The molecule has 5 nitrogen and oxygen atoms in total. The van der Waals surface area contributed by atoms with E-state index in [2.05, 4.69) is 144 Å². The first-order valence-corrected chi connectivity index (χ1v) is 17.8. The topological polar surface area (TPSA) is 62.1 Å². The van der Waals surface area contributed by atoms with Crippen LogP contribution in [0.1, 0.15) is 52.7 Å². The third-order valence-electron chi connectivity index (χ3n) is 9.35. The Morgan fingerprint density at radius 3 is 1.73 bits per heavy atom. The quantitative estimate of drug-likeness (QED) is 0.182. The number of hydrogen-bond donors (Lipinski definition) is 1. The molecule has 0 saturated heterocycles. The molecular weight excluding hydrogens is 637 g/mol. The summed E-state index contributed by atoms with van der Waals surface area (Å²) in [5.74, 6) is 1.04. The molecule has 0 fully saturated rings. The van der Waals surface area contributed by atoms with Crippen molar-refractivity contribution in [2.45, 2.75) is 52.4 Å². The minimum absolute atomic E-state index is 0.135. The van der Waals surface area contributed by atoms with Crippen molar-refractivity contribution in [3.8, 4) is 50.6 Å². The number of benzene rings is 5. The van der Waals surface area contributed by atoms with Crippen molar-refractivity contribution in [3.05, 3.63) is 163 Å². The van der Waals surface area contributed by atoms with Crippen molar-refractivity contribution in [2.75, 3.05) is 4.90 Å². The number of nitrogens with zero attached hydrogens (tertiary/aromatic N) is 4. The fourth-order valence-electron chi connectivity index (χ4n) is 6.51. The lowest BCUT2D eigenvalue weighted by molar-refractivity contribution is 0.446. The number of hydrogen-bond acceptors (Lipinski definition) is 5. The van der Waals surface area contributed by atoms with Crippen LogP contribution in [-0.2, 0) is 10.8 Å². The fourth-order valence-corrected chi connectivity index (χ4v) is 6.51. The predicted octanol–water partition coefficient (Wildman–Crippen LogP) is 12.3. The maximum Gasteiger partial charge on any atom is 0.137 e. The first kappa shape index (κ1) is 34.4. The third-order valence-corrected chi connectivity index (χ3v) is 9.35. The van der Waals surface area contributed by atoms with Crippen LogP contribution >= 0.6 is 0 Å². The minimum Gasteiger partial charge on any atom is -0.507 e. The zero-order valence-electron chi connectivity index (χ0n) is 30.7. The third kappa shape index (κ3) is 7.08. The van der Waals surface area contributed by atoms with Gasteiger partial charge in [0.2, 0.25) is 0 Å². The Balaban J connectivity index is 1.42. The molecule has 0 aliphatic rings. The van der Waals surface area contributed by atoms with E-state index < -0.39 is 0 Å². The molecular formula is C47H44N4O. The Hall–Kier alpha value is -6.07. The molecule has 7 aromatic rings. The molecule has 0 unspecified atom stereocenters. The number of anilines is 3. The summed E-state index contributed by atoms with van der Waals surface area (Å²) in [4.78, 5) is 17.4. The van der Waals surface area contributed by atoms with Crippen LogP contribution in [0.5, 0.6) is 5.75 Å². The second-order valence-corrected chi connectivity index (χ2v) is 15.2. The highest BCUT2D eigenvalue weighted by atomic mass is 16.3. The highest BCUT2D eigenvalue weighted by Gasteiger charge is 2.27. The van der Waals surface area contributed by atoms with Crippen LogP contribution in [0.25, 0.3) is 44.9 Å². The van der Waals surface area contributed by atoms with E-state index in [1.807, 2.05) is 48.7 Å². The van der Waals surface area contributed by atoms with Crippen molar-refractivity contribution >= 4 is 17.2 Å². The minimum atomic E-state index is -0.276. The van der Waals surface area contributed by atoms with Gasteiger partial charge < -0.3 is 5.11 Å². The summed E-state index contributed by atoms with van der Waals surface area (Å²) < 4.78 is 0. The van der Waals surface area contributed by atoms with Crippen molar-refractivity contribution in [1.82, 2.24) is 15.0 Å². The lowest BCUT2D eigenvalue weighted by atomic mass is 9.78. The summed E-state index contributed by atoms with van der Waals surface area (Å²) in [6.45, 7) is 13.0. The van der Waals surface area contributed by atoms with Gasteiger partial charge in [-0.05, 0) is 70.0 Å². The van der Waals surface area contributed by atoms with Crippen LogP contribution in [0, 0.1) is 0 Å². The lowest BCUT2D eigenvalue weighted by Gasteiger charge is -2.27. The maximum absolute atomic E-state index is 11.8. The molecule has 0 spiro atoms. The van der Waals surface area contributed by atoms with Gasteiger partial charge in [0.25, 0.3) is 0 Å². The Morgan fingerprint density at radius 1 is 0.519 bits per heavy atom. The monoisotopic (exact) mass is 680 g/mol. The van der Waals surface area contributed by atoms with E-state index >= 15 is 0 Å². The number of phenols is 1. The zero-order valence-corrected chi connectivity index (χ0v) is 30.7. The van der Waals surface area contributed by atoms with Gasteiger partial charge in [-0.15, -0.1) is 0 Å². The van der Waals surface area contributed by atoms with Gasteiger partial charge in [0.1, 0.15) is 11.6 Å². The molecule has 0 atom stereocenters. The van der Waals surface area contributed by atoms with Gasteiger partial charge in [0, 0.05) is 39.8 Å². The van der Waals surface area contributed by atoms with Crippen molar-refractivity contribution in [2.24, 2.45) is 0 Å². The highest BCUT2D eigenvalue weighted by Crippen LogP contribution is 2.43. The van der Waals surface area contributed by atoms with Crippen molar-refractivity contribution in [3.63, 3.8) is 0 Å². The molecule has 0 amide bonds. The molecule has 5 heteroatoms. The second kappa shape index (κ2) is 13.9. The summed E-state index contributed by atoms with van der Waals surface area (Å²) in [5, 5.41) is 11.8. The van der Waals surface area contributed by atoms with E-state index in [0.717, 1.165) is 62.0 Å². The number of phenolic OH excluding ortho intramolecular Hbond substituents is 1. The second-order valence-electron chi connectivity index (χ2n) is 15.2. The molecule has 0 aliphatic heterocycles. The van der Waals surface area contributed by atoms with Crippen LogP contribution < -0.4 is 4.90 Å². The summed E-state index contributed by atoms with van der Waals surface area (Å²) in [6.07, 6.45) is 3.61. The molecule has 0 aliphatic carbocycles. The van der Waals surface area contributed by atoms with E-state index in [-0.39, 0.29) is 16.6 Å². The molecule has 1 N–H and O–H groups in total. The van der Waals surface area contributed by atoms with Crippen molar-refractivity contribution < 1.29 is 5.11 Å². The molecule has 52 heavy (non-hydrogen) atoms. The Kier molecular flexibility index (Phi) is 9.20. The van der Waals surface area contributed by atoms with Gasteiger partial charge in [-0.2, -0.15) is 0 Å². The van der Waals surface area contributed by atoms with Crippen LogP contribution in [0.3, 0.4) is 0 Å². The van der Waals surface area contributed by atoms with Gasteiger partial charge in [0.05, 0.1) is 23.3 Å². The van der Waals surface area contributed by atoms with Gasteiger partial charge >= 0.3 is 0 Å². The Labute approximate surface area is 307 Å². The zero-order chi connectivity index (χ0) is 36.5. The van der Waals surface area contributed by atoms with E-state index in [4.69, 9.17) is 15.0 Å². The summed E-state index contributed by atoms with van der Waals surface area (Å²) in [5.41, 5.74) is 10.4. The molecule has 0 radical (unpaired) electrons. The fraction of sp³-hybridized carbons (Fsp3) is 0.170. The average molecular weight is 681 g/mol. The van der Waals surface area contributed by atoms with E-state index in [1.165, 1.54) is 0 Å². The summed E-state index contributed by atoms with van der Waals surface area (Å²) in [7, 11) is 0. The molecule has 2 heterocycles. The van der Waals surface area contributed by atoms with Gasteiger partial charge in [-0.25, -0.2) is 9.97 Å². The molecule has 0 bridgehead atoms. The van der Waals surface area contributed by atoms with Gasteiger partial charge in [-0.1, -0.05) is 139 Å². The highest BCUT2D eigenvalue weighted by molar-refractivity contribution is 5.85. The SMILES string of the molecule is CC(C)(C)c1cc(-c2cnc(-c3ccccc3)c(-c3cccc(N(c4cccc(-c5ccccc5)c4)c4ccccn4)c3)n2)c(O)c(C(C)(C)C)c1. The van der Waals surface area contributed by atoms with Crippen LogP contribution in [0.2, 0.25) is 0 Å². The molecule has 2 aromatic heterocycles. The Bertz CT molecular complexity index is 2320. The van der Waals surface area contributed by atoms with Crippen molar-refractivity contribution in [1.29, 1.82) is 0 Å². The average Bonchev–Trinajstić information content (AvgIpc) is 3.15. The molecule has 258 valence electrons. The number of rotatable bonds is 7. The summed E-state index contributed by atoms with van der Waals surface area (Å²) in [6, 6.07) is 47.6. The smallest absolute Gasteiger partial charge is 0.137 e. The first-order chi connectivity index (χ1) is 25.0. The number of aromatic nitrogens is 3. The molecule has 7 rings (SSSR count). The number of pyridine rings is 1. The van der Waals surface area contributed by atoms with Crippen LogP contribution in [0.15, 0.2) is 152 Å². The molecule has 0 saturated carbocycles. The maximum atomic E-state index is 11.8. The standard InChI is InChI=1S/C47H44N4O/c1-46(2,3)36-29-39(45(52)40(30-36)47(4,5)6)41-31-49-43(33-19-11-8-12-20-33)44(50-41)35-22-16-24-38(28-35)51(42-25-13-14-26-48-42)37-23-15-21-34(27-37)32-17-9-7-10-18-32/h7-31,52H,1-6H3. The van der Waals surface area contributed by atoms with E-state index in [1.54, 1.807) is 6.20 Å². The Morgan fingerprint density at radius 2 is 1.12 bits per heavy atom. The molecule has 5 aromatic carbocycles. The first-order valence-electron chi connectivity index (χ1n) is 17.8. The van der Waals surface area contributed by atoms with Crippen LogP contribution in [0.4, 0.5) is 17.2 Å². The van der Waals surface area contributed by atoms with Crippen LogP contribution in [-0.4, -0.2) is 20.1 Å².